The van der Waals surface area contributed by atoms with E-state index in [1.54, 1.807) is 37.3 Å². The Bertz CT molecular complexity index is 1220. The van der Waals surface area contributed by atoms with Crippen LogP contribution in [0.2, 0.25) is 0 Å². The Balaban J connectivity index is 0.000000442. The van der Waals surface area contributed by atoms with Crippen LogP contribution in [0.15, 0.2) is 48.5 Å². The van der Waals surface area contributed by atoms with E-state index >= 15 is 0 Å². The van der Waals surface area contributed by atoms with Crippen molar-refractivity contribution in [2.75, 3.05) is 29.1 Å². The molecule has 2 rings (SSSR count). The van der Waals surface area contributed by atoms with Crippen LogP contribution in [0, 0.1) is 0 Å². The minimum absolute atomic E-state index is 0.00900. The van der Waals surface area contributed by atoms with Crippen LogP contribution in [0.1, 0.15) is 119 Å². The highest BCUT2D eigenvalue weighted by Crippen LogP contribution is 2.48. The summed E-state index contributed by atoms with van der Waals surface area (Å²) >= 11 is 0. The number of carbonyl (C=O) groups is 2. The Hall–Kier alpha value is -2.64. The molecule has 2 aromatic carbocycles. The lowest BCUT2D eigenvalue weighted by Gasteiger charge is -2.21. The third-order valence-corrected chi connectivity index (χ3v) is 10.5. The van der Waals surface area contributed by atoms with E-state index in [-0.39, 0.29) is 23.0 Å². The van der Waals surface area contributed by atoms with Crippen LogP contribution in [0.25, 0.3) is 0 Å². The number of nitrogens with one attached hydrogen (secondary N) is 2. The summed E-state index contributed by atoms with van der Waals surface area (Å²) < 4.78 is 30.5. The molecule has 0 amide bonds. The van der Waals surface area contributed by atoms with E-state index in [9.17, 15) is 28.7 Å². The number of carboxylic acids is 2. The van der Waals surface area contributed by atoms with Gasteiger partial charge in [0.2, 0.25) is 0 Å². The summed E-state index contributed by atoms with van der Waals surface area (Å²) in [6, 6.07) is 12.6. The molecule has 0 aromatic heterocycles. The average molecular weight is 655 g/mol. The van der Waals surface area contributed by atoms with Crippen molar-refractivity contribution in [1.29, 1.82) is 0 Å². The number of unbranched alkanes of at least 4 members (excludes halogenated alkanes) is 10. The van der Waals surface area contributed by atoms with Crippen LogP contribution in [0.3, 0.4) is 0 Å². The standard InChI is InChI=1S/C17H28NO4P.C15H24NO4P/c1-3-5-6-7-8-11-14-23(21,22-4-2)18-16-13-10-9-12-15(16)17(19)20;1-2-3-4-5-6-9-12-21(19,20)16-14-11-8-7-10-13(14)15(17)18/h9-10,12-13H,3-8,11,14H2,1-2H3,(H,18,21)(H,19,20);7-8,10-11H,2-6,9,12H2,1H3,(H,17,18)(H2,16,19,20). The van der Waals surface area contributed by atoms with Gasteiger partial charge in [-0.25, -0.2) is 9.59 Å². The molecule has 0 bridgehead atoms. The van der Waals surface area contributed by atoms with Gasteiger partial charge in [0.25, 0.3) is 15.0 Å². The van der Waals surface area contributed by atoms with E-state index in [1.807, 2.05) is 0 Å². The van der Waals surface area contributed by atoms with Crippen molar-refractivity contribution < 1.29 is 38.3 Å². The van der Waals surface area contributed by atoms with Crippen molar-refractivity contribution in [3.05, 3.63) is 59.7 Å². The van der Waals surface area contributed by atoms with Crippen molar-refractivity contribution in [3.63, 3.8) is 0 Å². The van der Waals surface area contributed by atoms with Crippen molar-refractivity contribution in [3.8, 4) is 0 Å². The highest BCUT2D eigenvalue weighted by Gasteiger charge is 2.24. The quantitative estimate of drug-likeness (QED) is 0.0610. The molecule has 0 spiro atoms. The first-order valence-corrected chi connectivity index (χ1v) is 19.4. The molecule has 2 aromatic rings. The fourth-order valence-electron chi connectivity index (χ4n) is 4.53. The first kappa shape index (κ1) is 39.4. The molecule has 0 saturated carbocycles. The Labute approximate surface area is 263 Å². The molecule has 0 fully saturated rings. The largest absolute Gasteiger partial charge is 0.478 e. The van der Waals surface area contributed by atoms with Gasteiger partial charge in [0.05, 0.1) is 29.1 Å². The molecule has 2 unspecified atom stereocenters. The zero-order chi connectivity index (χ0) is 32.8. The summed E-state index contributed by atoms with van der Waals surface area (Å²) in [5, 5.41) is 23.6. The van der Waals surface area contributed by atoms with Crippen LogP contribution in [-0.2, 0) is 13.7 Å². The van der Waals surface area contributed by atoms with Crippen LogP contribution < -0.4 is 10.2 Å². The minimum atomic E-state index is -3.55. The second-order valence-corrected chi connectivity index (χ2v) is 15.1. The third-order valence-electron chi connectivity index (χ3n) is 6.86. The molecule has 2 atom stereocenters. The number of anilines is 2. The summed E-state index contributed by atoms with van der Waals surface area (Å²) in [5.41, 5.74) is 0.662. The number of carboxylic acid groups (broad SMARTS) is 2. The number of para-hydroxylation sites is 2. The van der Waals surface area contributed by atoms with Gasteiger partial charge in [-0.05, 0) is 44.0 Å². The lowest BCUT2D eigenvalue weighted by atomic mass is 10.1. The summed E-state index contributed by atoms with van der Waals surface area (Å²) in [6.45, 7) is 6.44. The number of hydrogen-bond donors (Lipinski definition) is 5. The number of benzene rings is 2. The second-order valence-electron chi connectivity index (χ2n) is 10.7. The number of aromatic carboxylic acids is 2. The maximum atomic E-state index is 12.9. The third kappa shape index (κ3) is 16.4. The normalized spacial score (nSPS) is 13.5. The van der Waals surface area contributed by atoms with Crippen LogP contribution >= 0.6 is 15.0 Å². The second kappa shape index (κ2) is 22.0. The number of rotatable bonds is 22. The van der Waals surface area contributed by atoms with Gasteiger partial charge in [-0.15, -0.1) is 0 Å². The first-order chi connectivity index (χ1) is 21.0. The van der Waals surface area contributed by atoms with Gasteiger partial charge < -0.3 is 29.8 Å². The molecule has 248 valence electrons. The molecule has 0 aliphatic carbocycles. The summed E-state index contributed by atoms with van der Waals surface area (Å²) in [7, 11) is -6.63. The average Bonchev–Trinajstić information content (AvgIpc) is 2.97. The van der Waals surface area contributed by atoms with Crippen LogP contribution in [0.5, 0.6) is 0 Å². The predicted molar refractivity (Wildman–Crippen MR) is 180 cm³/mol. The summed E-state index contributed by atoms with van der Waals surface area (Å²) in [6.07, 6.45) is 13.3. The topological polar surface area (TPSA) is 162 Å². The monoisotopic (exact) mass is 654 g/mol. The Morgan fingerprint density at radius 2 is 1.05 bits per heavy atom. The fourth-order valence-corrected chi connectivity index (χ4v) is 7.79. The Morgan fingerprint density at radius 1 is 0.636 bits per heavy atom. The zero-order valence-electron chi connectivity index (χ0n) is 26.5. The molecule has 44 heavy (non-hydrogen) atoms. The van der Waals surface area contributed by atoms with Crippen molar-refractivity contribution in [1.82, 2.24) is 0 Å². The van der Waals surface area contributed by atoms with Crippen LogP contribution in [0.4, 0.5) is 11.4 Å². The van der Waals surface area contributed by atoms with Crippen molar-refractivity contribution >= 4 is 38.4 Å². The fraction of sp³-hybridized carbons (Fsp3) is 0.562. The van der Waals surface area contributed by atoms with Gasteiger partial charge in [0.1, 0.15) is 0 Å². The van der Waals surface area contributed by atoms with Gasteiger partial charge in [-0.3, -0.25) is 9.13 Å². The molecule has 12 heteroatoms. The molecule has 0 radical (unpaired) electrons. The van der Waals surface area contributed by atoms with E-state index in [0.29, 0.717) is 24.9 Å². The first-order valence-electron chi connectivity index (χ1n) is 15.7. The molecule has 0 aliphatic rings. The maximum absolute atomic E-state index is 12.9. The molecule has 0 heterocycles. The van der Waals surface area contributed by atoms with E-state index in [2.05, 4.69) is 24.0 Å². The van der Waals surface area contributed by atoms with E-state index in [0.717, 1.165) is 38.5 Å². The van der Waals surface area contributed by atoms with Gasteiger partial charge in [-0.2, -0.15) is 0 Å². The zero-order valence-corrected chi connectivity index (χ0v) is 28.3. The molecule has 0 saturated heterocycles. The molecule has 0 aliphatic heterocycles. The van der Waals surface area contributed by atoms with Crippen molar-refractivity contribution in [2.24, 2.45) is 0 Å². The van der Waals surface area contributed by atoms with E-state index in [1.165, 1.54) is 50.3 Å². The van der Waals surface area contributed by atoms with Crippen LogP contribution in [-0.4, -0.2) is 46.0 Å². The van der Waals surface area contributed by atoms with Gasteiger partial charge in [-0.1, -0.05) is 102 Å². The van der Waals surface area contributed by atoms with E-state index in [4.69, 9.17) is 9.63 Å². The molecule has 10 nitrogen and oxygen atoms in total. The van der Waals surface area contributed by atoms with Gasteiger partial charge in [0, 0.05) is 12.3 Å². The summed E-state index contributed by atoms with van der Waals surface area (Å²) in [5.74, 6) is -2.16. The Kier molecular flexibility index (Phi) is 19.7. The lowest BCUT2D eigenvalue weighted by molar-refractivity contribution is 0.0687. The van der Waals surface area contributed by atoms with Crippen molar-refractivity contribution in [2.45, 2.75) is 97.8 Å². The minimum Gasteiger partial charge on any atom is -0.478 e. The SMILES string of the molecule is CCCCCCCCP(=O)(Nc1ccccc1C(=O)O)OCC.CCCCCCCCP(=O)(O)Nc1ccccc1C(=O)O. The Morgan fingerprint density at radius 3 is 1.50 bits per heavy atom. The summed E-state index contributed by atoms with van der Waals surface area (Å²) in [4.78, 5) is 32.2. The smallest absolute Gasteiger partial charge is 0.337 e. The predicted octanol–water partition coefficient (Wildman–Crippen LogP) is 9.73. The number of hydrogen-bond acceptors (Lipinski definition) is 5. The molecular formula is C32H52N2O8P2. The highest BCUT2D eigenvalue weighted by atomic mass is 31.2. The molecular weight excluding hydrogens is 602 g/mol. The van der Waals surface area contributed by atoms with Gasteiger partial charge >= 0.3 is 11.9 Å². The van der Waals surface area contributed by atoms with E-state index < -0.39 is 27.0 Å². The van der Waals surface area contributed by atoms with Gasteiger partial charge in [0.15, 0.2) is 0 Å². The maximum Gasteiger partial charge on any atom is 0.337 e. The molecule has 5 N–H and O–H groups in total. The lowest BCUT2D eigenvalue weighted by Crippen LogP contribution is -2.09. The highest BCUT2D eigenvalue weighted by molar-refractivity contribution is 7.60.